The van der Waals surface area contributed by atoms with Gasteiger partial charge in [-0.3, -0.25) is 14.9 Å². The lowest BCUT2D eigenvalue weighted by Gasteiger charge is -2.19. The van der Waals surface area contributed by atoms with Gasteiger partial charge in [-0.15, -0.1) is 0 Å². The van der Waals surface area contributed by atoms with E-state index in [9.17, 15) is 19.3 Å². The Bertz CT molecular complexity index is 967. The molecule has 0 spiro atoms. The number of nitro groups is 1. The van der Waals surface area contributed by atoms with Crippen LogP contribution in [0, 0.1) is 21.8 Å². The highest BCUT2D eigenvalue weighted by atomic mass is 19.1. The molecule has 1 saturated heterocycles. The molecular weight excluding hydrogens is 409 g/mol. The Morgan fingerprint density at radius 1 is 1.19 bits per heavy atom. The number of nitrogens with one attached hydrogen (secondary N) is 1. The number of rotatable bonds is 8. The highest BCUT2D eigenvalue weighted by molar-refractivity contribution is 6.00. The van der Waals surface area contributed by atoms with Crippen molar-refractivity contribution in [3.8, 4) is 17.2 Å². The highest BCUT2D eigenvalue weighted by Gasteiger charge is 2.33. The zero-order chi connectivity index (χ0) is 22.5. The second kappa shape index (κ2) is 9.50. The van der Waals surface area contributed by atoms with Crippen LogP contribution in [0.1, 0.15) is 16.8 Å². The first kappa shape index (κ1) is 22.1. The van der Waals surface area contributed by atoms with Crippen molar-refractivity contribution in [2.45, 2.75) is 6.42 Å². The van der Waals surface area contributed by atoms with Gasteiger partial charge in [0.15, 0.2) is 5.75 Å². The summed E-state index contributed by atoms with van der Waals surface area (Å²) in [4.78, 5) is 25.9. The number of benzene rings is 2. The Labute approximate surface area is 178 Å². The molecule has 10 heteroatoms. The number of anilines is 1. The molecule has 3 rings (SSSR count). The molecule has 31 heavy (non-hydrogen) atoms. The maximum absolute atomic E-state index is 13.1. The van der Waals surface area contributed by atoms with Crippen LogP contribution < -0.4 is 24.4 Å². The predicted octanol–water partition coefficient (Wildman–Crippen LogP) is 3.02. The highest BCUT2D eigenvalue weighted by Crippen LogP contribution is 2.46. The Hall–Kier alpha value is -3.56. The summed E-state index contributed by atoms with van der Waals surface area (Å²) in [5, 5.41) is 14.4. The van der Waals surface area contributed by atoms with Gasteiger partial charge in [-0.25, -0.2) is 4.39 Å². The van der Waals surface area contributed by atoms with Gasteiger partial charge in [0, 0.05) is 31.4 Å². The lowest BCUT2D eigenvalue weighted by molar-refractivity contribution is -0.386. The summed E-state index contributed by atoms with van der Waals surface area (Å²) in [7, 11) is 3.96. The van der Waals surface area contributed by atoms with Gasteiger partial charge < -0.3 is 24.4 Å². The second-order valence-electron chi connectivity index (χ2n) is 7.09. The van der Waals surface area contributed by atoms with Crippen LogP contribution in [0.25, 0.3) is 0 Å². The average Bonchev–Trinajstić information content (AvgIpc) is 3.25. The van der Waals surface area contributed by atoms with E-state index in [2.05, 4.69) is 10.2 Å². The van der Waals surface area contributed by atoms with Crippen LogP contribution in [0.15, 0.2) is 30.3 Å². The Morgan fingerprint density at radius 3 is 2.45 bits per heavy atom. The van der Waals surface area contributed by atoms with E-state index < -0.39 is 16.5 Å². The summed E-state index contributed by atoms with van der Waals surface area (Å²) < 4.78 is 28.7. The van der Waals surface area contributed by atoms with Crippen molar-refractivity contribution < 1.29 is 28.3 Å². The van der Waals surface area contributed by atoms with Gasteiger partial charge in [0.25, 0.3) is 5.91 Å². The van der Waals surface area contributed by atoms with Crippen molar-refractivity contribution in [3.63, 3.8) is 0 Å². The Balaban J connectivity index is 1.74. The van der Waals surface area contributed by atoms with E-state index in [1.54, 1.807) is 12.1 Å². The van der Waals surface area contributed by atoms with Crippen LogP contribution in [0.4, 0.5) is 15.8 Å². The molecule has 0 saturated carbocycles. The summed E-state index contributed by atoms with van der Waals surface area (Å²) in [6, 6.07) is 7.53. The minimum absolute atomic E-state index is 0.0407. The van der Waals surface area contributed by atoms with E-state index in [0.717, 1.165) is 18.7 Å². The molecule has 1 N–H and O–H groups in total. The summed E-state index contributed by atoms with van der Waals surface area (Å²) in [6.45, 7) is 1.80. The molecule has 1 atom stereocenters. The standard InChI is InChI=1S/C21H24FN3O6/c1-29-17-10-16(18(25(27)28)20(31-3)19(17)30-2)21(26)23-11-13-8-9-24(12-13)15-6-4-14(22)5-7-15/h4-7,10,13H,8-9,11-12H2,1-3H3,(H,23,26). The third-order valence-corrected chi connectivity index (χ3v) is 5.26. The number of ether oxygens (including phenoxy) is 3. The largest absolute Gasteiger partial charge is 0.493 e. The number of nitro benzene ring substituents is 1. The van der Waals surface area contributed by atoms with Crippen molar-refractivity contribution in [1.29, 1.82) is 0 Å². The molecule has 9 nitrogen and oxygen atoms in total. The summed E-state index contributed by atoms with van der Waals surface area (Å²) in [6.07, 6.45) is 0.828. The van der Waals surface area contributed by atoms with Crippen LogP contribution in [0.3, 0.4) is 0 Å². The Kier molecular flexibility index (Phi) is 6.78. The molecule has 166 valence electrons. The van der Waals surface area contributed by atoms with Gasteiger partial charge in [-0.05, 0) is 36.6 Å². The van der Waals surface area contributed by atoms with Gasteiger partial charge in [0.05, 0.1) is 26.3 Å². The molecule has 1 aliphatic rings. The van der Waals surface area contributed by atoms with Crippen molar-refractivity contribution >= 4 is 17.3 Å². The van der Waals surface area contributed by atoms with E-state index in [0.29, 0.717) is 13.1 Å². The molecule has 2 aromatic rings. The zero-order valence-corrected chi connectivity index (χ0v) is 17.5. The zero-order valence-electron chi connectivity index (χ0n) is 17.5. The van der Waals surface area contributed by atoms with Crippen molar-refractivity contribution in [3.05, 3.63) is 51.8 Å². The van der Waals surface area contributed by atoms with Crippen LogP contribution in [-0.4, -0.2) is 51.8 Å². The maximum Gasteiger partial charge on any atom is 0.327 e. The first-order valence-electron chi connectivity index (χ1n) is 9.65. The third kappa shape index (κ3) is 4.62. The number of carbonyl (C=O) groups excluding carboxylic acids is 1. The number of carbonyl (C=O) groups is 1. The van der Waals surface area contributed by atoms with Crippen molar-refractivity contribution in [2.24, 2.45) is 5.92 Å². The van der Waals surface area contributed by atoms with Crippen LogP contribution in [0.5, 0.6) is 17.2 Å². The molecule has 1 fully saturated rings. The molecule has 0 aromatic heterocycles. The quantitative estimate of drug-likeness (QED) is 0.504. The lowest BCUT2D eigenvalue weighted by Crippen LogP contribution is -2.31. The van der Waals surface area contributed by atoms with Crippen molar-refractivity contribution in [2.75, 3.05) is 45.9 Å². The van der Waals surface area contributed by atoms with Gasteiger partial charge in [0.2, 0.25) is 11.5 Å². The molecule has 0 bridgehead atoms. The molecule has 1 unspecified atom stereocenters. The topological polar surface area (TPSA) is 103 Å². The molecule has 2 aromatic carbocycles. The molecule has 0 radical (unpaired) electrons. The summed E-state index contributed by atoms with van der Waals surface area (Å²) in [5.41, 5.74) is 0.250. The summed E-state index contributed by atoms with van der Waals surface area (Å²) >= 11 is 0. The fraction of sp³-hybridized carbons (Fsp3) is 0.381. The second-order valence-corrected chi connectivity index (χ2v) is 7.09. The third-order valence-electron chi connectivity index (χ3n) is 5.26. The van der Waals surface area contributed by atoms with E-state index in [1.165, 1.54) is 39.5 Å². The number of methoxy groups -OCH3 is 3. The minimum Gasteiger partial charge on any atom is -0.493 e. The monoisotopic (exact) mass is 433 g/mol. The van der Waals surface area contributed by atoms with Crippen molar-refractivity contribution in [1.82, 2.24) is 5.32 Å². The lowest BCUT2D eigenvalue weighted by atomic mass is 10.1. The van der Waals surface area contributed by atoms with E-state index in [4.69, 9.17) is 14.2 Å². The molecular formula is C21H24FN3O6. The Morgan fingerprint density at radius 2 is 1.87 bits per heavy atom. The van der Waals surface area contributed by atoms with Crippen LogP contribution in [-0.2, 0) is 0 Å². The van der Waals surface area contributed by atoms with Gasteiger partial charge in [0.1, 0.15) is 11.4 Å². The number of hydrogen-bond donors (Lipinski definition) is 1. The average molecular weight is 433 g/mol. The van der Waals surface area contributed by atoms with Crippen LogP contribution >= 0.6 is 0 Å². The fourth-order valence-corrected chi connectivity index (χ4v) is 3.71. The SMILES string of the molecule is COc1cc(C(=O)NCC2CCN(c3ccc(F)cc3)C2)c([N+](=O)[O-])c(OC)c1OC. The predicted molar refractivity (Wildman–Crippen MR) is 112 cm³/mol. The van der Waals surface area contributed by atoms with Gasteiger partial charge in [-0.1, -0.05) is 0 Å². The maximum atomic E-state index is 13.1. The summed E-state index contributed by atoms with van der Waals surface area (Å²) in [5.74, 6) is -0.738. The first-order chi connectivity index (χ1) is 14.9. The first-order valence-corrected chi connectivity index (χ1v) is 9.65. The normalized spacial score (nSPS) is 15.5. The minimum atomic E-state index is -0.679. The van der Waals surface area contributed by atoms with E-state index in [-0.39, 0.29) is 34.5 Å². The van der Waals surface area contributed by atoms with E-state index >= 15 is 0 Å². The van der Waals surface area contributed by atoms with Gasteiger partial charge in [-0.2, -0.15) is 0 Å². The number of nitrogens with zero attached hydrogens (tertiary/aromatic N) is 2. The molecule has 1 heterocycles. The number of halogens is 1. The molecule has 0 aliphatic carbocycles. The number of hydrogen-bond acceptors (Lipinski definition) is 7. The fourth-order valence-electron chi connectivity index (χ4n) is 3.71. The smallest absolute Gasteiger partial charge is 0.327 e. The number of amides is 1. The van der Waals surface area contributed by atoms with Gasteiger partial charge >= 0.3 is 5.69 Å². The molecule has 1 amide bonds. The molecule has 1 aliphatic heterocycles. The van der Waals surface area contributed by atoms with E-state index in [1.807, 2.05) is 0 Å². The van der Waals surface area contributed by atoms with Crippen LogP contribution in [0.2, 0.25) is 0 Å².